The number of nitrogens with zero attached hydrogens (tertiary/aromatic N) is 2. The normalized spacial score (nSPS) is 10.4. The zero-order chi connectivity index (χ0) is 13.9. The first-order chi connectivity index (χ1) is 9.72. The molecule has 0 aromatic carbocycles. The van der Waals surface area contributed by atoms with Gasteiger partial charge in [0.05, 0.1) is 0 Å². The minimum atomic E-state index is -0.358. The highest BCUT2D eigenvalue weighted by atomic mass is 35.5. The summed E-state index contributed by atoms with van der Waals surface area (Å²) in [6.45, 7) is 0. The van der Waals surface area contributed by atoms with Gasteiger partial charge >= 0.3 is 0 Å². The number of carbonyl (C=O) groups is 1. The second-order valence-electron chi connectivity index (χ2n) is 4.04. The summed E-state index contributed by atoms with van der Waals surface area (Å²) < 4.78 is 0. The first-order valence-electron chi connectivity index (χ1n) is 5.85. The van der Waals surface area contributed by atoms with E-state index in [0.717, 1.165) is 5.39 Å². The molecule has 0 unspecified atom stereocenters. The zero-order valence-electron chi connectivity index (χ0n) is 10.2. The van der Waals surface area contributed by atoms with Crippen LogP contribution in [0.1, 0.15) is 10.5 Å². The van der Waals surface area contributed by atoms with Gasteiger partial charge in [0.15, 0.2) is 0 Å². The van der Waals surface area contributed by atoms with E-state index in [4.69, 9.17) is 11.6 Å². The number of pyridine rings is 2. The summed E-state index contributed by atoms with van der Waals surface area (Å²) in [5.74, 6) is 0.0927. The van der Waals surface area contributed by atoms with Crippen LogP contribution in [0.25, 0.3) is 11.0 Å². The number of hydrogen-bond donors (Lipinski definition) is 3. The Kier molecular flexibility index (Phi) is 3.22. The number of nitrogens with one attached hydrogen (secondary N) is 3. The van der Waals surface area contributed by atoms with Crippen molar-refractivity contribution < 1.29 is 4.79 Å². The third kappa shape index (κ3) is 2.55. The molecule has 0 spiro atoms. The number of H-pyrrole nitrogens is 1. The standard InChI is InChI=1S/C13H10ClN5O/c14-10-2-1-3-11(17-10)18-19-13(20)9-5-4-8-6-7-15-12(8)16-9/h1-7H,(H,15,16)(H,17,18)(H,19,20). The van der Waals surface area contributed by atoms with Gasteiger partial charge in [-0.15, -0.1) is 0 Å². The Bertz CT molecular complexity index is 770. The highest BCUT2D eigenvalue weighted by Crippen LogP contribution is 2.11. The largest absolute Gasteiger partial charge is 0.346 e. The molecule has 7 heteroatoms. The van der Waals surface area contributed by atoms with Crippen LogP contribution in [0.3, 0.4) is 0 Å². The van der Waals surface area contributed by atoms with E-state index in [9.17, 15) is 4.79 Å². The Morgan fingerprint density at radius 1 is 1.15 bits per heavy atom. The molecule has 100 valence electrons. The fourth-order valence-electron chi connectivity index (χ4n) is 1.72. The third-order valence-corrected chi connectivity index (χ3v) is 2.87. The maximum Gasteiger partial charge on any atom is 0.288 e. The van der Waals surface area contributed by atoms with Crippen LogP contribution in [0.5, 0.6) is 0 Å². The summed E-state index contributed by atoms with van der Waals surface area (Å²) >= 11 is 5.75. The molecule has 0 fully saturated rings. The molecule has 6 nitrogen and oxygen atoms in total. The molecule has 0 atom stereocenters. The lowest BCUT2D eigenvalue weighted by Crippen LogP contribution is -2.30. The van der Waals surface area contributed by atoms with Crippen molar-refractivity contribution in [2.75, 3.05) is 5.43 Å². The molecular formula is C13H10ClN5O. The average molecular weight is 288 g/mol. The van der Waals surface area contributed by atoms with Gasteiger partial charge in [0, 0.05) is 11.6 Å². The number of carbonyl (C=O) groups excluding carboxylic acids is 1. The summed E-state index contributed by atoms with van der Waals surface area (Å²) in [5.41, 5.74) is 6.16. The monoisotopic (exact) mass is 287 g/mol. The van der Waals surface area contributed by atoms with Crippen molar-refractivity contribution >= 4 is 34.4 Å². The lowest BCUT2D eigenvalue weighted by Gasteiger charge is -2.07. The van der Waals surface area contributed by atoms with Gasteiger partial charge < -0.3 is 4.98 Å². The summed E-state index contributed by atoms with van der Waals surface area (Å²) in [6, 6.07) is 10.4. The van der Waals surface area contributed by atoms with Crippen LogP contribution in [0, 0.1) is 0 Å². The number of fused-ring (bicyclic) bond motifs is 1. The molecule has 0 radical (unpaired) electrons. The number of amides is 1. The number of hydrogen-bond acceptors (Lipinski definition) is 4. The zero-order valence-corrected chi connectivity index (χ0v) is 11.0. The van der Waals surface area contributed by atoms with Crippen LogP contribution in [-0.4, -0.2) is 20.9 Å². The van der Waals surface area contributed by atoms with Crippen LogP contribution in [0.15, 0.2) is 42.6 Å². The van der Waals surface area contributed by atoms with Gasteiger partial charge in [-0.05, 0) is 30.3 Å². The molecule has 3 heterocycles. The summed E-state index contributed by atoms with van der Waals surface area (Å²) in [6.07, 6.45) is 1.77. The Morgan fingerprint density at radius 2 is 2.05 bits per heavy atom. The molecule has 0 saturated carbocycles. The molecule has 0 saturated heterocycles. The quantitative estimate of drug-likeness (QED) is 0.510. The smallest absolute Gasteiger partial charge is 0.288 e. The maximum absolute atomic E-state index is 12.0. The van der Waals surface area contributed by atoms with Gasteiger partial charge in [0.1, 0.15) is 22.3 Å². The summed E-state index contributed by atoms with van der Waals surface area (Å²) in [5, 5.41) is 1.29. The minimum absolute atomic E-state index is 0.300. The lowest BCUT2D eigenvalue weighted by molar-refractivity contribution is 0.0958. The second kappa shape index (κ2) is 5.18. The molecule has 3 aromatic rings. The topological polar surface area (TPSA) is 82.7 Å². The van der Waals surface area contributed by atoms with Gasteiger partial charge in [0.2, 0.25) is 0 Å². The Morgan fingerprint density at radius 3 is 2.90 bits per heavy atom. The van der Waals surface area contributed by atoms with Crippen molar-refractivity contribution in [3.05, 3.63) is 53.4 Å². The van der Waals surface area contributed by atoms with Crippen LogP contribution in [0.2, 0.25) is 5.15 Å². The van der Waals surface area contributed by atoms with Crippen molar-refractivity contribution in [3.63, 3.8) is 0 Å². The molecule has 20 heavy (non-hydrogen) atoms. The predicted molar refractivity (Wildman–Crippen MR) is 76.4 cm³/mol. The van der Waals surface area contributed by atoms with Gasteiger partial charge in [-0.3, -0.25) is 15.6 Å². The van der Waals surface area contributed by atoms with Crippen LogP contribution in [0.4, 0.5) is 5.82 Å². The molecule has 0 bridgehead atoms. The van der Waals surface area contributed by atoms with Gasteiger partial charge in [-0.2, -0.15) is 0 Å². The molecular weight excluding hydrogens is 278 g/mol. The number of aromatic amines is 1. The van der Waals surface area contributed by atoms with Gasteiger partial charge in [-0.25, -0.2) is 9.97 Å². The Balaban J connectivity index is 1.72. The van der Waals surface area contributed by atoms with Crippen molar-refractivity contribution in [1.29, 1.82) is 0 Å². The molecule has 3 rings (SSSR count). The van der Waals surface area contributed by atoms with Gasteiger partial charge in [-0.1, -0.05) is 17.7 Å². The minimum Gasteiger partial charge on any atom is -0.346 e. The molecule has 0 aliphatic heterocycles. The summed E-state index contributed by atoms with van der Waals surface area (Å²) in [7, 11) is 0. The lowest BCUT2D eigenvalue weighted by atomic mass is 10.3. The molecule has 0 aliphatic carbocycles. The van der Waals surface area contributed by atoms with Gasteiger partial charge in [0.25, 0.3) is 5.91 Å². The molecule has 1 amide bonds. The van der Waals surface area contributed by atoms with E-state index in [0.29, 0.717) is 22.3 Å². The van der Waals surface area contributed by atoms with E-state index < -0.39 is 0 Å². The number of rotatable bonds is 3. The molecule has 3 aromatic heterocycles. The number of halogens is 1. The molecule has 0 aliphatic rings. The van der Waals surface area contributed by atoms with E-state index in [1.165, 1.54) is 0 Å². The first kappa shape index (κ1) is 12.4. The maximum atomic E-state index is 12.0. The average Bonchev–Trinajstić information content (AvgIpc) is 2.92. The van der Waals surface area contributed by atoms with E-state index in [-0.39, 0.29) is 5.91 Å². The van der Waals surface area contributed by atoms with Crippen LogP contribution >= 0.6 is 11.6 Å². The predicted octanol–water partition coefficient (Wildman–Crippen LogP) is 2.37. The second-order valence-corrected chi connectivity index (χ2v) is 4.42. The fraction of sp³-hybridized carbons (Fsp3) is 0. The van der Waals surface area contributed by atoms with Crippen molar-refractivity contribution in [2.24, 2.45) is 0 Å². The van der Waals surface area contributed by atoms with E-state index in [2.05, 4.69) is 25.8 Å². The Labute approximate surface area is 119 Å². The SMILES string of the molecule is O=C(NNc1cccc(Cl)n1)c1ccc2cc[nH]c2n1. The van der Waals surface area contributed by atoms with Crippen molar-refractivity contribution in [2.45, 2.75) is 0 Å². The van der Waals surface area contributed by atoms with Crippen LogP contribution in [-0.2, 0) is 0 Å². The number of hydrazine groups is 1. The third-order valence-electron chi connectivity index (χ3n) is 2.66. The Hall–Kier alpha value is -2.60. The fourth-order valence-corrected chi connectivity index (χ4v) is 1.88. The molecule has 3 N–H and O–H groups in total. The highest BCUT2D eigenvalue weighted by Gasteiger charge is 2.08. The van der Waals surface area contributed by atoms with E-state index in [1.54, 1.807) is 30.5 Å². The number of anilines is 1. The summed E-state index contributed by atoms with van der Waals surface area (Å²) in [4.78, 5) is 23.1. The van der Waals surface area contributed by atoms with E-state index in [1.807, 2.05) is 12.1 Å². The van der Waals surface area contributed by atoms with Crippen LogP contribution < -0.4 is 10.9 Å². The first-order valence-corrected chi connectivity index (χ1v) is 6.23. The highest BCUT2D eigenvalue weighted by molar-refractivity contribution is 6.29. The van der Waals surface area contributed by atoms with Crippen molar-refractivity contribution in [3.8, 4) is 0 Å². The van der Waals surface area contributed by atoms with E-state index >= 15 is 0 Å². The van der Waals surface area contributed by atoms with Crippen molar-refractivity contribution in [1.82, 2.24) is 20.4 Å². The number of aromatic nitrogens is 3.